The molecule has 1 atom stereocenters. The number of hydrogen-bond donors (Lipinski definition) is 0. The van der Waals surface area contributed by atoms with Crippen LogP contribution in [0.1, 0.15) is 18.4 Å². The summed E-state index contributed by atoms with van der Waals surface area (Å²) in [7, 11) is 1.62. The zero-order valence-corrected chi connectivity index (χ0v) is 21.2. The molecule has 1 amide bonds. The Morgan fingerprint density at radius 3 is 2.86 bits per heavy atom. The molecule has 2 aliphatic rings. The summed E-state index contributed by atoms with van der Waals surface area (Å²) < 4.78 is 19.7. The fourth-order valence-electron chi connectivity index (χ4n) is 4.50. The zero-order chi connectivity index (χ0) is 24.6. The van der Waals surface area contributed by atoms with Crippen molar-refractivity contribution < 1.29 is 18.7 Å². The number of fused-ring (bicyclic) bond motifs is 1. The predicted octanol–water partition coefficient (Wildman–Crippen LogP) is 5.67. The van der Waals surface area contributed by atoms with Crippen LogP contribution in [0.15, 0.2) is 70.1 Å². The summed E-state index contributed by atoms with van der Waals surface area (Å²) in [5.41, 5.74) is 2.94. The second kappa shape index (κ2) is 9.57. The first kappa shape index (κ1) is 23.0. The largest absolute Gasteiger partial charge is 0.493 e. The van der Waals surface area contributed by atoms with Gasteiger partial charge in [0, 0.05) is 23.8 Å². The van der Waals surface area contributed by atoms with E-state index in [0.29, 0.717) is 38.6 Å². The summed E-state index contributed by atoms with van der Waals surface area (Å²) in [5.74, 6) is 1.13. The molecule has 0 bridgehead atoms. The van der Waals surface area contributed by atoms with Gasteiger partial charge in [0.1, 0.15) is 10.0 Å². The van der Waals surface area contributed by atoms with Crippen molar-refractivity contribution in [2.45, 2.75) is 18.9 Å². The van der Waals surface area contributed by atoms with Crippen molar-refractivity contribution in [3.63, 3.8) is 0 Å². The van der Waals surface area contributed by atoms with Gasteiger partial charge in [-0.2, -0.15) is 5.10 Å². The van der Waals surface area contributed by atoms with E-state index in [4.69, 9.17) is 31.2 Å². The van der Waals surface area contributed by atoms with Crippen molar-refractivity contribution in [2.75, 3.05) is 20.3 Å². The topological polar surface area (TPSA) is 69.7 Å². The first-order valence-corrected chi connectivity index (χ1v) is 12.9. The van der Waals surface area contributed by atoms with E-state index in [0.717, 1.165) is 36.1 Å². The molecule has 2 aromatic carbocycles. The molecule has 4 heterocycles. The third kappa shape index (κ3) is 4.23. The fraction of sp³-hybridized carbons (Fsp3) is 0.222. The lowest BCUT2D eigenvalue weighted by atomic mass is 10.1. The Morgan fingerprint density at radius 2 is 2.08 bits per heavy atom. The van der Waals surface area contributed by atoms with Gasteiger partial charge in [0.2, 0.25) is 0 Å². The van der Waals surface area contributed by atoms with E-state index in [2.05, 4.69) is 0 Å². The molecule has 0 saturated carbocycles. The molecular formula is C27H23N3O4S2. The number of ether oxygens (including phenoxy) is 2. The summed E-state index contributed by atoms with van der Waals surface area (Å²) in [6.45, 7) is 1.22. The summed E-state index contributed by atoms with van der Waals surface area (Å²) in [6.07, 6.45) is 5.75. The van der Waals surface area contributed by atoms with Crippen molar-refractivity contribution in [2.24, 2.45) is 0 Å². The number of carbonyl (C=O) groups is 1. The number of rotatable bonds is 6. The molecule has 0 aliphatic carbocycles. The zero-order valence-electron chi connectivity index (χ0n) is 19.5. The van der Waals surface area contributed by atoms with E-state index in [-0.39, 0.29) is 12.0 Å². The Labute approximate surface area is 217 Å². The highest BCUT2D eigenvalue weighted by molar-refractivity contribution is 8.26. The van der Waals surface area contributed by atoms with E-state index < -0.39 is 0 Å². The number of nitrogens with zero attached hydrogens (tertiary/aromatic N) is 3. The lowest BCUT2D eigenvalue weighted by molar-refractivity contribution is -0.123. The van der Waals surface area contributed by atoms with Crippen molar-refractivity contribution in [3.05, 3.63) is 71.3 Å². The third-order valence-corrected chi connectivity index (χ3v) is 7.67. The molecule has 182 valence electrons. The highest BCUT2D eigenvalue weighted by Crippen LogP contribution is 2.38. The van der Waals surface area contributed by atoms with Gasteiger partial charge in [-0.3, -0.25) is 9.69 Å². The van der Waals surface area contributed by atoms with E-state index >= 15 is 0 Å². The lowest BCUT2D eigenvalue weighted by Crippen LogP contribution is -2.35. The highest BCUT2D eigenvalue weighted by Gasteiger charge is 2.35. The third-order valence-electron chi connectivity index (χ3n) is 6.29. The maximum Gasteiger partial charge on any atom is 0.266 e. The average Bonchev–Trinajstić information content (AvgIpc) is 3.69. The van der Waals surface area contributed by atoms with Gasteiger partial charge in [-0.1, -0.05) is 54.3 Å². The quantitative estimate of drug-likeness (QED) is 0.241. The van der Waals surface area contributed by atoms with Crippen LogP contribution in [0.25, 0.3) is 34.2 Å². The number of carbonyl (C=O) groups excluding carboxylic acids is 1. The van der Waals surface area contributed by atoms with E-state index in [9.17, 15) is 4.79 Å². The lowest BCUT2D eigenvalue weighted by Gasteiger charge is -2.18. The van der Waals surface area contributed by atoms with Crippen LogP contribution in [-0.4, -0.2) is 51.3 Å². The molecule has 2 saturated heterocycles. The standard InChI is InChI=1S/C27H23N3O4S2/c1-32-21-11-5-7-17-13-22(34-25(17)21)24-18(15-30(28-24)19-8-3-2-4-9-19)14-23-26(31)29(27(35)36-23)16-20-10-6-12-33-20/h2-5,7-9,11,13-15,20H,6,10,12,16H2,1H3. The normalized spacial score (nSPS) is 19.2. The minimum atomic E-state index is -0.106. The Bertz CT molecular complexity index is 1490. The molecule has 0 spiro atoms. The molecule has 4 aromatic rings. The van der Waals surface area contributed by atoms with Crippen LogP contribution in [0.5, 0.6) is 5.75 Å². The average molecular weight is 518 g/mol. The van der Waals surface area contributed by atoms with Crippen molar-refractivity contribution in [1.29, 1.82) is 0 Å². The molecule has 7 nitrogen and oxygen atoms in total. The maximum absolute atomic E-state index is 13.3. The maximum atomic E-state index is 13.3. The second-order valence-corrected chi connectivity index (χ2v) is 10.3. The van der Waals surface area contributed by atoms with Gasteiger partial charge in [0.05, 0.1) is 30.4 Å². The number of hydrogen-bond acceptors (Lipinski definition) is 7. The summed E-state index contributed by atoms with van der Waals surface area (Å²) >= 11 is 6.85. The van der Waals surface area contributed by atoms with Crippen LogP contribution in [0.3, 0.4) is 0 Å². The summed E-state index contributed by atoms with van der Waals surface area (Å²) in [6, 6.07) is 17.5. The SMILES string of the molecule is COc1cccc2cc(-c3nn(-c4ccccc4)cc3C=C3SC(=S)N(CC4CCCO4)C3=O)oc12. The predicted molar refractivity (Wildman–Crippen MR) is 144 cm³/mol. The smallest absolute Gasteiger partial charge is 0.266 e. The number of thioether (sulfide) groups is 1. The van der Waals surface area contributed by atoms with Gasteiger partial charge in [-0.25, -0.2) is 4.68 Å². The fourth-order valence-corrected chi connectivity index (χ4v) is 5.77. The second-order valence-electron chi connectivity index (χ2n) is 8.63. The Hall–Kier alpha value is -3.40. The van der Waals surface area contributed by atoms with E-state index in [1.165, 1.54) is 11.8 Å². The van der Waals surface area contributed by atoms with Crippen LogP contribution in [0.4, 0.5) is 0 Å². The Morgan fingerprint density at radius 1 is 1.22 bits per heavy atom. The molecule has 36 heavy (non-hydrogen) atoms. The number of furan rings is 1. The first-order chi connectivity index (χ1) is 17.6. The van der Waals surface area contributed by atoms with Crippen LogP contribution in [0, 0.1) is 0 Å². The van der Waals surface area contributed by atoms with Crippen molar-refractivity contribution >= 4 is 51.3 Å². The van der Waals surface area contributed by atoms with Gasteiger partial charge in [-0.15, -0.1) is 0 Å². The molecule has 2 aromatic heterocycles. The number of benzene rings is 2. The minimum Gasteiger partial charge on any atom is -0.493 e. The molecule has 0 N–H and O–H groups in total. The molecule has 6 rings (SSSR count). The van der Waals surface area contributed by atoms with E-state index in [1.54, 1.807) is 16.7 Å². The van der Waals surface area contributed by atoms with Crippen LogP contribution in [-0.2, 0) is 9.53 Å². The van der Waals surface area contributed by atoms with Gasteiger partial charge in [-0.05, 0) is 43.2 Å². The Kier molecular flexibility index (Phi) is 6.12. The molecule has 9 heteroatoms. The number of aromatic nitrogens is 2. The highest BCUT2D eigenvalue weighted by atomic mass is 32.2. The molecular weight excluding hydrogens is 494 g/mol. The monoisotopic (exact) mass is 517 g/mol. The molecule has 1 unspecified atom stereocenters. The molecule has 2 aliphatic heterocycles. The first-order valence-electron chi connectivity index (χ1n) is 11.7. The number of thiocarbonyl (C=S) groups is 1. The number of para-hydroxylation sites is 2. The van der Waals surface area contributed by atoms with Gasteiger partial charge >= 0.3 is 0 Å². The Balaban J connectivity index is 1.41. The summed E-state index contributed by atoms with van der Waals surface area (Å²) in [4.78, 5) is 15.5. The number of amides is 1. The summed E-state index contributed by atoms with van der Waals surface area (Å²) in [5, 5.41) is 5.75. The van der Waals surface area contributed by atoms with Crippen LogP contribution in [0.2, 0.25) is 0 Å². The van der Waals surface area contributed by atoms with E-state index in [1.807, 2.05) is 66.9 Å². The van der Waals surface area contributed by atoms with Crippen molar-refractivity contribution in [3.8, 4) is 22.9 Å². The van der Waals surface area contributed by atoms with Gasteiger partial charge in [0.15, 0.2) is 17.1 Å². The minimum absolute atomic E-state index is 0.0359. The van der Waals surface area contributed by atoms with Gasteiger partial charge < -0.3 is 13.9 Å². The molecule has 0 radical (unpaired) electrons. The van der Waals surface area contributed by atoms with Crippen LogP contribution >= 0.6 is 24.0 Å². The van der Waals surface area contributed by atoms with Gasteiger partial charge in [0.25, 0.3) is 5.91 Å². The number of methoxy groups -OCH3 is 1. The van der Waals surface area contributed by atoms with Crippen molar-refractivity contribution in [1.82, 2.24) is 14.7 Å². The van der Waals surface area contributed by atoms with Crippen LogP contribution < -0.4 is 4.74 Å². The molecule has 2 fully saturated rings.